The van der Waals surface area contributed by atoms with Crippen LogP contribution in [0.5, 0.6) is 0 Å². The monoisotopic (exact) mass is 365 g/mol. The Kier molecular flexibility index (Phi) is 6.67. The van der Waals surface area contributed by atoms with E-state index in [2.05, 4.69) is 5.16 Å². The maximum atomic E-state index is 12.2. The average Bonchev–Trinajstić information content (AvgIpc) is 3.25. The summed E-state index contributed by atoms with van der Waals surface area (Å²) in [7, 11) is 0. The Hall–Kier alpha value is -2.05. The van der Waals surface area contributed by atoms with Crippen LogP contribution >= 0.6 is 0 Å². The van der Waals surface area contributed by atoms with Gasteiger partial charge < -0.3 is 20.3 Å². The van der Waals surface area contributed by atoms with Crippen LogP contribution in [0.1, 0.15) is 71.5 Å². The van der Waals surface area contributed by atoms with E-state index >= 15 is 0 Å². The van der Waals surface area contributed by atoms with Crippen molar-refractivity contribution in [2.24, 2.45) is 5.92 Å². The Labute approximate surface area is 154 Å². The predicted molar refractivity (Wildman–Crippen MR) is 98.6 cm³/mol. The molecule has 3 rings (SSSR count). The van der Waals surface area contributed by atoms with Crippen LogP contribution in [0.15, 0.2) is 10.6 Å². The molecular formula is C19H31N3O4. The molecule has 2 heterocycles. The highest BCUT2D eigenvalue weighted by Crippen LogP contribution is 2.29. The lowest BCUT2D eigenvalue weighted by atomic mass is 9.93. The number of nitrogen functional groups attached to an aromatic ring is 1. The summed E-state index contributed by atoms with van der Waals surface area (Å²) >= 11 is 0. The molecule has 1 aromatic rings. The number of hydrogen-bond acceptors (Lipinski definition) is 5. The maximum Gasteiger partial charge on any atom is 0.326 e. The Morgan fingerprint density at radius 1 is 1.19 bits per heavy atom. The number of carbonyl (C=O) groups is 2. The van der Waals surface area contributed by atoms with Crippen LogP contribution in [0.4, 0.5) is 5.82 Å². The number of carbonyl (C=O) groups excluding carboxylic acids is 1. The zero-order valence-electron chi connectivity index (χ0n) is 16.0. The second-order valence-electron chi connectivity index (χ2n) is 8.23. The number of nitrogens with zero attached hydrogens (tertiary/aromatic N) is 2. The van der Waals surface area contributed by atoms with E-state index in [1.807, 2.05) is 20.8 Å². The van der Waals surface area contributed by atoms with Gasteiger partial charge in [-0.1, -0.05) is 38.8 Å². The van der Waals surface area contributed by atoms with Crippen LogP contribution in [0, 0.1) is 5.92 Å². The first-order chi connectivity index (χ1) is 12.2. The number of aliphatic carboxylic acids is 1. The van der Waals surface area contributed by atoms with E-state index in [9.17, 15) is 9.59 Å². The molecule has 0 unspecified atom stereocenters. The van der Waals surface area contributed by atoms with Gasteiger partial charge in [-0.05, 0) is 32.1 Å². The number of anilines is 1. The van der Waals surface area contributed by atoms with E-state index in [-0.39, 0.29) is 17.2 Å². The van der Waals surface area contributed by atoms with Crippen LogP contribution in [0.2, 0.25) is 0 Å². The molecule has 1 aliphatic carbocycles. The fraction of sp³-hybridized carbons (Fsp3) is 0.737. The first-order valence-corrected chi connectivity index (χ1v) is 9.46. The molecule has 1 aliphatic heterocycles. The number of aromatic nitrogens is 1. The summed E-state index contributed by atoms with van der Waals surface area (Å²) in [5.74, 6) is 0.616. The molecule has 0 aromatic carbocycles. The fourth-order valence-corrected chi connectivity index (χ4v) is 3.50. The summed E-state index contributed by atoms with van der Waals surface area (Å²) in [6.45, 7) is 6.78. The van der Waals surface area contributed by atoms with Crippen molar-refractivity contribution < 1.29 is 19.2 Å². The van der Waals surface area contributed by atoms with E-state index in [4.69, 9.17) is 15.4 Å². The van der Waals surface area contributed by atoms with Crippen molar-refractivity contribution in [2.45, 2.75) is 77.2 Å². The Bertz CT molecular complexity index is 615. The molecule has 0 radical (unpaired) electrons. The summed E-state index contributed by atoms with van der Waals surface area (Å²) in [5.41, 5.74) is 5.38. The zero-order valence-corrected chi connectivity index (χ0v) is 16.0. The van der Waals surface area contributed by atoms with Gasteiger partial charge in [0.05, 0.1) is 0 Å². The number of carboxylic acid groups (broad SMARTS) is 1. The highest BCUT2D eigenvalue weighted by atomic mass is 16.5. The van der Waals surface area contributed by atoms with Crippen molar-refractivity contribution in [3.63, 3.8) is 0 Å². The SMILES string of the molecule is CC(C)(C)c1cc(N)no1.O=C(O)[C@@H]1CCCCN1C(=O)C1CCCC1. The van der Waals surface area contributed by atoms with E-state index < -0.39 is 12.0 Å². The van der Waals surface area contributed by atoms with E-state index in [1.165, 1.54) is 0 Å². The molecule has 7 heteroatoms. The minimum atomic E-state index is -0.842. The number of piperidine rings is 1. The van der Waals surface area contributed by atoms with Gasteiger partial charge in [-0.3, -0.25) is 4.79 Å². The molecule has 3 N–H and O–H groups in total. The van der Waals surface area contributed by atoms with Crippen LogP contribution in [-0.2, 0) is 15.0 Å². The minimum Gasteiger partial charge on any atom is -0.480 e. The Morgan fingerprint density at radius 2 is 1.81 bits per heavy atom. The van der Waals surface area contributed by atoms with Gasteiger partial charge in [0.1, 0.15) is 11.8 Å². The third-order valence-corrected chi connectivity index (χ3v) is 5.04. The smallest absolute Gasteiger partial charge is 0.326 e. The Balaban J connectivity index is 0.000000209. The summed E-state index contributed by atoms with van der Waals surface area (Å²) in [6.07, 6.45) is 6.61. The van der Waals surface area contributed by atoms with Gasteiger partial charge in [-0.2, -0.15) is 0 Å². The predicted octanol–water partition coefficient (Wildman–Crippen LogP) is 3.20. The summed E-state index contributed by atoms with van der Waals surface area (Å²) < 4.78 is 4.95. The van der Waals surface area contributed by atoms with E-state index in [0.29, 0.717) is 18.8 Å². The van der Waals surface area contributed by atoms with Crippen molar-refractivity contribution in [2.75, 3.05) is 12.3 Å². The van der Waals surface area contributed by atoms with Crippen LogP contribution in [0.3, 0.4) is 0 Å². The number of amides is 1. The van der Waals surface area contributed by atoms with Crippen molar-refractivity contribution in [1.29, 1.82) is 0 Å². The molecule has 1 aromatic heterocycles. The number of likely N-dealkylation sites (tertiary alicyclic amines) is 1. The number of nitrogens with two attached hydrogens (primary N) is 1. The molecule has 1 amide bonds. The normalized spacial score (nSPS) is 21.2. The van der Waals surface area contributed by atoms with E-state index in [1.54, 1.807) is 11.0 Å². The van der Waals surface area contributed by atoms with Gasteiger partial charge >= 0.3 is 5.97 Å². The van der Waals surface area contributed by atoms with Gasteiger partial charge in [0.15, 0.2) is 5.82 Å². The molecule has 2 fully saturated rings. The highest BCUT2D eigenvalue weighted by molar-refractivity contribution is 5.85. The van der Waals surface area contributed by atoms with Crippen molar-refractivity contribution >= 4 is 17.7 Å². The third-order valence-electron chi connectivity index (χ3n) is 5.04. The second kappa shape index (κ2) is 8.56. The lowest BCUT2D eigenvalue weighted by molar-refractivity contribution is -0.153. The maximum absolute atomic E-state index is 12.2. The van der Waals surface area contributed by atoms with Gasteiger partial charge in [-0.15, -0.1) is 0 Å². The topological polar surface area (TPSA) is 110 Å². The van der Waals surface area contributed by atoms with Crippen LogP contribution in [-0.4, -0.2) is 39.6 Å². The van der Waals surface area contributed by atoms with Crippen molar-refractivity contribution in [1.82, 2.24) is 10.1 Å². The van der Waals surface area contributed by atoms with Gasteiger partial charge in [-0.25, -0.2) is 4.79 Å². The standard InChI is InChI=1S/C12H19NO3.C7H12N2O/c14-11(9-5-1-2-6-9)13-8-4-3-7-10(13)12(15)16;1-7(2,3)5-4-6(8)9-10-5/h9-10H,1-8H2,(H,15,16);4H,1-3H3,(H2,8,9)/t10-;/m0./s1. The van der Waals surface area contributed by atoms with Crippen LogP contribution in [0.25, 0.3) is 0 Å². The summed E-state index contributed by atoms with van der Waals surface area (Å²) in [5, 5.41) is 12.7. The largest absolute Gasteiger partial charge is 0.480 e. The van der Waals surface area contributed by atoms with Crippen LogP contribution < -0.4 is 5.73 Å². The zero-order chi connectivity index (χ0) is 19.3. The summed E-state index contributed by atoms with van der Waals surface area (Å²) in [6, 6.07) is 1.18. The summed E-state index contributed by atoms with van der Waals surface area (Å²) in [4.78, 5) is 24.9. The number of carboxylic acids is 1. The Morgan fingerprint density at radius 3 is 2.27 bits per heavy atom. The average molecular weight is 365 g/mol. The number of rotatable bonds is 2. The molecule has 7 nitrogen and oxygen atoms in total. The molecule has 2 aliphatic rings. The first kappa shape index (κ1) is 20.3. The quantitative estimate of drug-likeness (QED) is 0.833. The molecule has 1 saturated heterocycles. The van der Waals surface area contributed by atoms with E-state index in [0.717, 1.165) is 44.3 Å². The molecule has 0 bridgehead atoms. The molecule has 1 saturated carbocycles. The van der Waals surface area contributed by atoms with Gasteiger partial charge in [0, 0.05) is 23.9 Å². The lowest BCUT2D eigenvalue weighted by Crippen LogP contribution is -2.49. The molecular weight excluding hydrogens is 334 g/mol. The highest BCUT2D eigenvalue weighted by Gasteiger charge is 2.36. The first-order valence-electron chi connectivity index (χ1n) is 9.46. The second-order valence-corrected chi connectivity index (χ2v) is 8.23. The lowest BCUT2D eigenvalue weighted by Gasteiger charge is -2.34. The van der Waals surface area contributed by atoms with Crippen molar-refractivity contribution in [3.8, 4) is 0 Å². The molecule has 146 valence electrons. The fourth-order valence-electron chi connectivity index (χ4n) is 3.50. The number of hydrogen-bond donors (Lipinski definition) is 2. The van der Waals surface area contributed by atoms with Gasteiger partial charge in [0.2, 0.25) is 5.91 Å². The van der Waals surface area contributed by atoms with Gasteiger partial charge in [0.25, 0.3) is 0 Å². The minimum absolute atomic E-state index is 0.00458. The molecule has 1 atom stereocenters. The third kappa shape index (κ3) is 5.22. The molecule has 26 heavy (non-hydrogen) atoms. The molecule has 0 spiro atoms. The van der Waals surface area contributed by atoms with Crippen molar-refractivity contribution in [3.05, 3.63) is 11.8 Å².